The Morgan fingerprint density at radius 3 is 2.63 bits per heavy atom. The number of likely N-dealkylation sites (N-methyl/N-ethyl adjacent to an activating group) is 1. The van der Waals surface area contributed by atoms with Gasteiger partial charge in [0, 0.05) is 32.7 Å². The highest BCUT2D eigenvalue weighted by Crippen LogP contribution is 2.27. The first-order valence-electron chi connectivity index (χ1n) is 7.04. The Labute approximate surface area is 114 Å². The van der Waals surface area contributed by atoms with Crippen LogP contribution in [0.25, 0.3) is 0 Å². The number of hydrogen-bond donors (Lipinski definition) is 2. The van der Waals surface area contributed by atoms with Crippen molar-refractivity contribution in [3.63, 3.8) is 0 Å². The van der Waals surface area contributed by atoms with Gasteiger partial charge in [-0.25, -0.2) is 0 Å². The number of carbonyl (C=O) groups is 1. The summed E-state index contributed by atoms with van der Waals surface area (Å²) in [4.78, 5) is 14.4. The predicted octanol–water partition coefficient (Wildman–Crippen LogP) is 0.174. The summed E-state index contributed by atoms with van der Waals surface area (Å²) in [5.74, 6) is 0.128. The first-order valence-corrected chi connectivity index (χ1v) is 7.04. The molecule has 0 radical (unpaired) electrons. The predicted molar refractivity (Wildman–Crippen MR) is 75.1 cm³/mol. The molecule has 1 aromatic carbocycles. The monoisotopic (exact) mass is 259 g/mol. The van der Waals surface area contributed by atoms with Crippen molar-refractivity contribution in [1.82, 2.24) is 15.5 Å². The molecule has 1 aliphatic carbocycles. The molecule has 1 amide bonds. The van der Waals surface area contributed by atoms with Gasteiger partial charge < -0.3 is 10.6 Å². The lowest BCUT2D eigenvalue weighted by molar-refractivity contribution is -0.127. The molecule has 0 aromatic heterocycles. The summed E-state index contributed by atoms with van der Waals surface area (Å²) in [6, 6.07) is 9.09. The number of rotatable bonds is 2. The molecular formula is C15H21N3O. The molecule has 4 nitrogen and oxygen atoms in total. The molecule has 3 rings (SSSR count). The Hall–Kier alpha value is -1.39. The van der Waals surface area contributed by atoms with Crippen LogP contribution < -0.4 is 10.6 Å². The first-order chi connectivity index (χ1) is 9.29. The number of nitrogens with zero attached hydrogens (tertiary/aromatic N) is 1. The fourth-order valence-electron chi connectivity index (χ4n) is 3.34. The minimum atomic E-state index is -0.0296. The van der Waals surface area contributed by atoms with E-state index in [2.05, 4.69) is 39.8 Å². The van der Waals surface area contributed by atoms with Crippen LogP contribution >= 0.6 is 0 Å². The third-order valence-electron chi connectivity index (χ3n) is 4.33. The van der Waals surface area contributed by atoms with Crippen molar-refractivity contribution in [2.45, 2.75) is 24.9 Å². The largest absolute Gasteiger partial charge is 0.358 e. The molecule has 2 N–H and O–H groups in total. The van der Waals surface area contributed by atoms with Crippen LogP contribution in [0, 0.1) is 0 Å². The standard InChI is InChI=1S/C15H21N3O/c1-16-15(19)14-10-17-6-7-18(14)13-8-11-4-2-3-5-12(11)9-13/h2-5,13-14,17H,6-10H2,1H3,(H,16,19). The van der Waals surface area contributed by atoms with Crippen molar-refractivity contribution < 1.29 is 4.79 Å². The van der Waals surface area contributed by atoms with Crippen LogP contribution in [0.1, 0.15) is 11.1 Å². The summed E-state index contributed by atoms with van der Waals surface area (Å²) in [7, 11) is 1.72. The van der Waals surface area contributed by atoms with E-state index in [1.54, 1.807) is 7.05 Å². The lowest BCUT2D eigenvalue weighted by Crippen LogP contribution is -2.60. The summed E-state index contributed by atoms with van der Waals surface area (Å²) < 4.78 is 0. The van der Waals surface area contributed by atoms with Crippen molar-refractivity contribution in [2.24, 2.45) is 0 Å². The highest BCUT2D eigenvalue weighted by atomic mass is 16.2. The average molecular weight is 259 g/mol. The summed E-state index contributed by atoms with van der Waals surface area (Å²) in [6.45, 7) is 2.68. The van der Waals surface area contributed by atoms with Gasteiger partial charge in [0.25, 0.3) is 0 Å². The summed E-state index contributed by atoms with van der Waals surface area (Å²) in [5.41, 5.74) is 2.89. The van der Waals surface area contributed by atoms with Crippen LogP contribution in [0.2, 0.25) is 0 Å². The van der Waals surface area contributed by atoms with Crippen molar-refractivity contribution in [1.29, 1.82) is 0 Å². The molecule has 1 atom stereocenters. The van der Waals surface area contributed by atoms with Gasteiger partial charge in [-0.3, -0.25) is 9.69 Å². The van der Waals surface area contributed by atoms with E-state index in [4.69, 9.17) is 0 Å². The van der Waals surface area contributed by atoms with Gasteiger partial charge in [-0.1, -0.05) is 24.3 Å². The molecule has 102 valence electrons. The third kappa shape index (κ3) is 2.38. The molecule has 19 heavy (non-hydrogen) atoms. The van der Waals surface area contributed by atoms with E-state index in [1.807, 2.05) is 0 Å². The molecule has 4 heteroatoms. The van der Waals surface area contributed by atoms with Gasteiger partial charge in [-0.2, -0.15) is 0 Å². The molecular weight excluding hydrogens is 238 g/mol. The van der Waals surface area contributed by atoms with E-state index in [0.29, 0.717) is 6.04 Å². The normalized spacial score (nSPS) is 24.2. The Morgan fingerprint density at radius 1 is 1.32 bits per heavy atom. The van der Waals surface area contributed by atoms with Crippen molar-refractivity contribution in [3.8, 4) is 0 Å². The Bertz CT molecular complexity index is 449. The van der Waals surface area contributed by atoms with Gasteiger partial charge in [0.2, 0.25) is 5.91 Å². The third-order valence-corrected chi connectivity index (χ3v) is 4.33. The van der Waals surface area contributed by atoms with Crippen LogP contribution in [-0.4, -0.2) is 49.6 Å². The lowest BCUT2D eigenvalue weighted by atomic mass is 10.1. The average Bonchev–Trinajstić information content (AvgIpc) is 2.90. The second-order valence-corrected chi connectivity index (χ2v) is 5.40. The highest BCUT2D eigenvalue weighted by molar-refractivity contribution is 5.81. The van der Waals surface area contributed by atoms with Crippen molar-refractivity contribution in [2.75, 3.05) is 26.7 Å². The summed E-state index contributed by atoms with van der Waals surface area (Å²) in [6.07, 6.45) is 2.15. The number of amides is 1. The number of fused-ring (bicyclic) bond motifs is 1. The number of carbonyl (C=O) groups excluding carboxylic acids is 1. The van der Waals surface area contributed by atoms with Gasteiger partial charge in [-0.05, 0) is 24.0 Å². The van der Waals surface area contributed by atoms with Gasteiger partial charge in [0.15, 0.2) is 0 Å². The summed E-state index contributed by atoms with van der Waals surface area (Å²) in [5, 5.41) is 6.11. The smallest absolute Gasteiger partial charge is 0.238 e. The molecule has 1 aliphatic heterocycles. The minimum absolute atomic E-state index is 0.0296. The van der Waals surface area contributed by atoms with Gasteiger partial charge in [-0.15, -0.1) is 0 Å². The molecule has 1 unspecified atom stereocenters. The maximum absolute atomic E-state index is 12.0. The van der Waals surface area contributed by atoms with E-state index in [0.717, 1.165) is 32.5 Å². The zero-order valence-corrected chi connectivity index (χ0v) is 11.4. The lowest BCUT2D eigenvalue weighted by Gasteiger charge is -2.39. The Morgan fingerprint density at radius 2 is 2.00 bits per heavy atom. The van der Waals surface area contributed by atoms with Gasteiger partial charge in [0.1, 0.15) is 6.04 Å². The van der Waals surface area contributed by atoms with E-state index < -0.39 is 0 Å². The van der Waals surface area contributed by atoms with E-state index in [1.165, 1.54) is 11.1 Å². The molecule has 0 bridgehead atoms. The summed E-state index contributed by atoms with van der Waals surface area (Å²) >= 11 is 0. The van der Waals surface area contributed by atoms with Crippen LogP contribution in [0.15, 0.2) is 24.3 Å². The quantitative estimate of drug-likeness (QED) is 0.796. The van der Waals surface area contributed by atoms with Crippen molar-refractivity contribution >= 4 is 5.91 Å². The zero-order chi connectivity index (χ0) is 13.2. The molecule has 1 heterocycles. The van der Waals surface area contributed by atoms with E-state index in [-0.39, 0.29) is 11.9 Å². The number of benzene rings is 1. The number of nitrogens with one attached hydrogen (secondary N) is 2. The molecule has 1 fully saturated rings. The zero-order valence-electron chi connectivity index (χ0n) is 11.4. The van der Waals surface area contributed by atoms with Crippen LogP contribution in [0.3, 0.4) is 0 Å². The minimum Gasteiger partial charge on any atom is -0.358 e. The van der Waals surface area contributed by atoms with Gasteiger partial charge in [0.05, 0.1) is 0 Å². The number of piperazine rings is 1. The maximum atomic E-state index is 12.0. The molecule has 0 spiro atoms. The fourth-order valence-corrected chi connectivity index (χ4v) is 3.34. The highest BCUT2D eigenvalue weighted by Gasteiger charge is 2.35. The van der Waals surface area contributed by atoms with E-state index >= 15 is 0 Å². The van der Waals surface area contributed by atoms with E-state index in [9.17, 15) is 4.79 Å². The second-order valence-electron chi connectivity index (χ2n) is 5.40. The Balaban J connectivity index is 1.76. The maximum Gasteiger partial charge on any atom is 0.238 e. The van der Waals surface area contributed by atoms with Crippen LogP contribution in [0.4, 0.5) is 0 Å². The number of hydrogen-bond acceptors (Lipinski definition) is 3. The van der Waals surface area contributed by atoms with Crippen LogP contribution in [0.5, 0.6) is 0 Å². The molecule has 2 aliphatic rings. The molecule has 1 aromatic rings. The van der Waals surface area contributed by atoms with Gasteiger partial charge >= 0.3 is 0 Å². The first kappa shape index (κ1) is 12.6. The Kier molecular flexibility index (Phi) is 3.53. The second kappa shape index (κ2) is 5.31. The fraction of sp³-hybridized carbons (Fsp3) is 0.533. The molecule has 1 saturated heterocycles. The topological polar surface area (TPSA) is 44.4 Å². The SMILES string of the molecule is CNC(=O)C1CNCCN1C1Cc2ccccc2C1. The van der Waals surface area contributed by atoms with Crippen molar-refractivity contribution in [3.05, 3.63) is 35.4 Å². The van der Waals surface area contributed by atoms with Crippen LogP contribution in [-0.2, 0) is 17.6 Å². The molecule has 0 saturated carbocycles.